The molecular formula is C14H27N3O2S. The van der Waals surface area contributed by atoms with E-state index in [0.717, 1.165) is 12.8 Å². The van der Waals surface area contributed by atoms with Gasteiger partial charge in [0.1, 0.15) is 0 Å². The van der Waals surface area contributed by atoms with Gasteiger partial charge in [0.25, 0.3) is 0 Å². The summed E-state index contributed by atoms with van der Waals surface area (Å²) in [6.45, 7) is 2.80. The van der Waals surface area contributed by atoms with Crippen molar-refractivity contribution >= 4 is 29.0 Å². The predicted octanol–water partition coefficient (Wildman–Crippen LogP) is 1.65. The summed E-state index contributed by atoms with van der Waals surface area (Å²) in [4.78, 5) is 22.8. The minimum absolute atomic E-state index is 0.0549. The van der Waals surface area contributed by atoms with Crippen LogP contribution in [0.25, 0.3) is 0 Å². The van der Waals surface area contributed by atoms with Crippen LogP contribution in [0.4, 0.5) is 0 Å². The van der Waals surface area contributed by atoms with Crippen LogP contribution in [0.2, 0.25) is 0 Å². The van der Waals surface area contributed by atoms with E-state index in [1.807, 2.05) is 0 Å². The van der Waals surface area contributed by atoms with Gasteiger partial charge in [-0.2, -0.15) is 0 Å². The summed E-state index contributed by atoms with van der Waals surface area (Å²) in [6, 6.07) is 0. The molecule has 0 unspecified atom stereocenters. The molecule has 0 heterocycles. The maximum absolute atomic E-state index is 11.4. The van der Waals surface area contributed by atoms with Crippen molar-refractivity contribution in [3.8, 4) is 0 Å². The number of amides is 2. The van der Waals surface area contributed by atoms with Crippen LogP contribution < -0.4 is 16.4 Å². The largest absolute Gasteiger partial charge is 0.392 e. The van der Waals surface area contributed by atoms with Crippen LogP contribution >= 0.6 is 12.2 Å². The van der Waals surface area contributed by atoms with Crippen molar-refractivity contribution < 1.29 is 9.59 Å². The second-order valence-electron chi connectivity index (χ2n) is 4.88. The highest BCUT2D eigenvalue weighted by atomic mass is 32.1. The van der Waals surface area contributed by atoms with E-state index in [9.17, 15) is 9.59 Å². The highest BCUT2D eigenvalue weighted by Gasteiger charge is 2.11. The number of nitrogens with one attached hydrogen (secondary N) is 2. The van der Waals surface area contributed by atoms with E-state index in [0.29, 0.717) is 6.54 Å². The molecule has 0 aromatic rings. The summed E-state index contributed by atoms with van der Waals surface area (Å²) >= 11 is 4.60. The minimum atomic E-state index is -0.683. The third kappa shape index (κ3) is 11.9. The Labute approximate surface area is 127 Å². The van der Waals surface area contributed by atoms with Crippen LogP contribution in [0.1, 0.15) is 58.3 Å². The normalized spacial score (nSPS) is 10.1. The highest BCUT2D eigenvalue weighted by molar-refractivity contribution is 7.80. The number of hydrogen-bond donors (Lipinski definition) is 3. The molecule has 116 valence electrons. The topological polar surface area (TPSA) is 84.2 Å². The average Bonchev–Trinajstić information content (AvgIpc) is 2.42. The van der Waals surface area contributed by atoms with Gasteiger partial charge in [-0.25, -0.2) is 0 Å². The van der Waals surface area contributed by atoms with Gasteiger partial charge in [0.15, 0.2) is 0 Å². The van der Waals surface area contributed by atoms with Gasteiger partial charge in [-0.15, -0.1) is 0 Å². The van der Waals surface area contributed by atoms with Crippen LogP contribution in [-0.4, -0.2) is 29.9 Å². The van der Waals surface area contributed by atoms with Gasteiger partial charge in [0.2, 0.25) is 0 Å². The van der Waals surface area contributed by atoms with E-state index in [1.54, 1.807) is 0 Å². The summed E-state index contributed by atoms with van der Waals surface area (Å²) in [5.41, 5.74) is 5.22. The van der Waals surface area contributed by atoms with Gasteiger partial charge in [0.05, 0.1) is 11.5 Å². The monoisotopic (exact) mass is 301 g/mol. The molecule has 4 N–H and O–H groups in total. The second-order valence-corrected chi connectivity index (χ2v) is 5.40. The third-order valence-electron chi connectivity index (χ3n) is 2.95. The number of hydrogen-bond acceptors (Lipinski definition) is 3. The Hall–Kier alpha value is -1.17. The Kier molecular flexibility index (Phi) is 12.1. The molecule has 6 heteroatoms. The van der Waals surface area contributed by atoms with Crippen molar-refractivity contribution in [3.05, 3.63) is 0 Å². The van der Waals surface area contributed by atoms with Crippen LogP contribution in [0, 0.1) is 0 Å². The first-order chi connectivity index (χ1) is 9.57. The van der Waals surface area contributed by atoms with E-state index in [4.69, 9.17) is 5.73 Å². The molecule has 0 aromatic carbocycles. The Morgan fingerprint density at radius 2 is 1.40 bits per heavy atom. The van der Waals surface area contributed by atoms with Gasteiger partial charge >= 0.3 is 11.8 Å². The summed E-state index contributed by atoms with van der Waals surface area (Å²) < 4.78 is 0. The summed E-state index contributed by atoms with van der Waals surface area (Å²) in [7, 11) is 0. The number of carbonyl (C=O) groups excluding carboxylic acids is 2. The maximum Gasteiger partial charge on any atom is 0.309 e. The molecule has 0 saturated heterocycles. The number of nitrogens with two attached hydrogens (primary N) is 1. The van der Waals surface area contributed by atoms with Crippen molar-refractivity contribution in [1.29, 1.82) is 0 Å². The molecule has 2 amide bonds. The second kappa shape index (κ2) is 12.8. The number of unbranched alkanes of at least 4 members (excludes halogenated alkanes) is 7. The fraction of sp³-hybridized carbons (Fsp3) is 0.786. The fourth-order valence-electron chi connectivity index (χ4n) is 1.79. The predicted molar refractivity (Wildman–Crippen MR) is 85.4 cm³/mol. The van der Waals surface area contributed by atoms with Crippen LogP contribution in [-0.2, 0) is 9.59 Å². The third-order valence-corrected chi connectivity index (χ3v) is 3.09. The smallest absolute Gasteiger partial charge is 0.309 e. The van der Waals surface area contributed by atoms with Crippen molar-refractivity contribution in [2.75, 3.05) is 13.1 Å². The Morgan fingerprint density at radius 3 is 1.95 bits per heavy atom. The fourth-order valence-corrected chi connectivity index (χ4v) is 1.86. The first-order valence-electron chi connectivity index (χ1n) is 7.42. The van der Waals surface area contributed by atoms with Crippen LogP contribution in [0.5, 0.6) is 0 Å². The first kappa shape index (κ1) is 18.8. The van der Waals surface area contributed by atoms with E-state index in [2.05, 4.69) is 29.8 Å². The molecule has 0 atom stereocenters. The zero-order valence-electron chi connectivity index (χ0n) is 12.4. The molecule has 20 heavy (non-hydrogen) atoms. The first-order valence-corrected chi connectivity index (χ1v) is 7.83. The molecule has 0 rings (SSSR count). The number of rotatable bonds is 11. The number of carbonyl (C=O) groups is 2. The van der Waals surface area contributed by atoms with Crippen LogP contribution in [0.15, 0.2) is 0 Å². The molecule has 0 aliphatic carbocycles. The molecule has 0 radical (unpaired) electrons. The summed E-state index contributed by atoms with van der Waals surface area (Å²) in [6.07, 6.45) is 9.62. The lowest BCUT2D eigenvalue weighted by Gasteiger charge is -2.06. The summed E-state index contributed by atoms with van der Waals surface area (Å²) in [5.74, 6) is -1.30. The van der Waals surface area contributed by atoms with Gasteiger partial charge < -0.3 is 16.4 Å². The van der Waals surface area contributed by atoms with E-state index < -0.39 is 11.8 Å². The molecule has 0 aliphatic rings. The lowest BCUT2D eigenvalue weighted by Crippen LogP contribution is -2.43. The minimum Gasteiger partial charge on any atom is -0.392 e. The SMILES string of the molecule is CCCCCCCCCCNC(=O)C(=O)NCC(N)=S. The molecule has 0 saturated carbocycles. The Balaban J connectivity index is 3.39. The Morgan fingerprint density at radius 1 is 0.900 bits per heavy atom. The van der Waals surface area contributed by atoms with Gasteiger partial charge in [-0.05, 0) is 6.42 Å². The molecule has 0 aromatic heterocycles. The lowest BCUT2D eigenvalue weighted by atomic mass is 10.1. The standard InChI is InChI=1S/C14H27N3O2S/c1-2-3-4-5-6-7-8-9-10-16-13(18)14(19)17-11-12(15)20/h2-11H2,1H3,(H2,15,20)(H,16,18)(H,17,19). The molecular weight excluding hydrogens is 274 g/mol. The highest BCUT2D eigenvalue weighted by Crippen LogP contribution is 2.07. The van der Waals surface area contributed by atoms with Gasteiger partial charge in [-0.1, -0.05) is 64.1 Å². The van der Waals surface area contributed by atoms with Crippen molar-refractivity contribution in [2.24, 2.45) is 5.73 Å². The zero-order chi connectivity index (χ0) is 15.2. The van der Waals surface area contributed by atoms with Gasteiger partial charge in [-0.3, -0.25) is 9.59 Å². The van der Waals surface area contributed by atoms with Crippen molar-refractivity contribution in [2.45, 2.75) is 58.3 Å². The van der Waals surface area contributed by atoms with E-state index in [-0.39, 0.29) is 11.5 Å². The van der Waals surface area contributed by atoms with Crippen molar-refractivity contribution in [1.82, 2.24) is 10.6 Å². The van der Waals surface area contributed by atoms with Gasteiger partial charge in [0, 0.05) is 6.54 Å². The lowest BCUT2D eigenvalue weighted by molar-refractivity contribution is -0.139. The van der Waals surface area contributed by atoms with E-state index >= 15 is 0 Å². The average molecular weight is 301 g/mol. The maximum atomic E-state index is 11.4. The van der Waals surface area contributed by atoms with Crippen LogP contribution in [0.3, 0.4) is 0 Å². The molecule has 5 nitrogen and oxygen atoms in total. The summed E-state index contributed by atoms with van der Waals surface area (Å²) in [5, 5.41) is 4.93. The Bertz CT molecular complexity index is 309. The van der Waals surface area contributed by atoms with Crippen molar-refractivity contribution in [3.63, 3.8) is 0 Å². The number of thiocarbonyl (C=S) groups is 1. The molecule has 0 aliphatic heterocycles. The molecule has 0 spiro atoms. The molecule has 0 fully saturated rings. The van der Waals surface area contributed by atoms with E-state index in [1.165, 1.54) is 38.5 Å². The molecule has 0 bridgehead atoms. The quantitative estimate of drug-likeness (QED) is 0.308. The zero-order valence-corrected chi connectivity index (χ0v) is 13.2.